The van der Waals surface area contributed by atoms with Gasteiger partial charge in [0.05, 0.1) is 0 Å². The molecule has 0 radical (unpaired) electrons. The third-order valence-corrected chi connectivity index (χ3v) is 4.96. The third kappa shape index (κ3) is 2.84. The van der Waals surface area contributed by atoms with Crippen LogP contribution in [0.1, 0.15) is 38.3 Å². The van der Waals surface area contributed by atoms with Crippen molar-refractivity contribution in [2.24, 2.45) is 0 Å². The molecule has 0 fully saturated rings. The van der Waals surface area contributed by atoms with Crippen molar-refractivity contribution in [2.75, 3.05) is 4.90 Å². The highest BCUT2D eigenvalue weighted by Gasteiger charge is 2.27. The Morgan fingerprint density at radius 2 is 1.52 bits per heavy atom. The molecule has 0 spiro atoms. The average molecular weight is 327 g/mol. The van der Waals surface area contributed by atoms with Crippen molar-refractivity contribution in [3.8, 4) is 0 Å². The van der Waals surface area contributed by atoms with E-state index in [0.29, 0.717) is 0 Å². The van der Waals surface area contributed by atoms with Crippen LogP contribution in [0.2, 0.25) is 0 Å². The summed E-state index contributed by atoms with van der Waals surface area (Å²) in [4.78, 5) is 2.50. The van der Waals surface area contributed by atoms with E-state index in [0.717, 1.165) is 12.8 Å². The first kappa shape index (κ1) is 16.0. The van der Waals surface area contributed by atoms with Crippen molar-refractivity contribution < 1.29 is 0 Å². The molecule has 4 rings (SSSR count). The molecule has 3 aromatic rings. The first-order valence-electron chi connectivity index (χ1n) is 9.12. The second kappa shape index (κ2) is 6.07. The number of aryl methyl sites for hydroxylation is 1. The molecule has 0 heterocycles. The zero-order chi connectivity index (χ0) is 17.4. The van der Waals surface area contributed by atoms with E-state index >= 15 is 0 Å². The summed E-state index contributed by atoms with van der Waals surface area (Å²) in [6, 6.07) is 22.0. The molecule has 0 aliphatic heterocycles. The maximum atomic E-state index is 2.50. The minimum absolute atomic E-state index is 0.0233. The monoisotopic (exact) mass is 327 g/mol. The highest BCUT2D eigenvalue weighted by Crippen LogP contribution is 2.41. The molecular weight excluding hydrogens is 302 g/mol. The first-order chi connectivity index (χ1) is 12.1. The van der Waals surface area contributed by atoms with Gasteiger partial charge >= 0.3 is 0 Å². The van der Waals surface area contributed by atoms with E-state index in [1.165, 1.54) is 33.3 Å². The lowest BCUT2D eigenvalue weighted by Gasteiger charge is -2.40. The lowest BCUT2D eigenvalue weighted by atomic mass is 9.92. The number of allylic oxidation sites excluding steroid dienone is 1. The van der Waals surface area contributed by atoms with Gasteiger partial charge in [-0.25, -0.2) is 0 Å². The molecule has 3 aromatic carbocycles. The number of anilines is 2. The zero-order valence-electron chi connectivity index (χ0n) is 15.3. The molecule has 0 saturated carbocycles. The fourth-order valence-corrected chi connectivity index (χ4v) is 3.90. The van der Waals surface area contributed by atoms with E-state index in [1.807, 2.05) is 0 Å². The predicted molar refractivity (Wildman–Crippen MR) is 110 cm³/mol. The van der Waals surface area contributed by atoms with Gasteiger partial charge in [0.15, 0.2) is 0 Å². The fraction of sp³-hybridized carbons (Fsp3) is 0.250. The van der Waals surface area contributed by atoms with Crippen LogP contribution in [0, 0.1) is 0 Å². The average Bonchev–Trinajstić information content (AvgIpc) is 2.61. The Labute approximate surface area is 150 Å². The number of rotatable bonds is 2. The van der Waals surface area contributed by atoms with Crippen molar-refractivity contribution >= 4 is 28.2 Å². The molecule has 1 nitrogen and oxygen atoms in total. The summed E-state index contributed by atoms with van der Waals surface area (Å²) in [5.41, 5.74) is 5.38. The maximum absolute atomic E-state index is 2.50. The van der Waals surface area contributed by atoms with Gasteiger partial charge in [-0.15, -0.1) is 0 Å². The molecule has 0 aromatic heterocycles. The highest BCUT2D eigenvalue weighted by molar-refractivity contribution is 5.97. The summed E-state index contributed by atoms with van der Waals surface area (Å²) in [6.45, 7) is 6.88. The number of fused-ring (bicyclic) bond motifs is 2. The molecule has 126 valence electrons. The molecule has 25 heavy (non-hydrogen) atoms. The van der Waals surface area contributed by atoms with Crippen LogP contribution in [-0.4, -0.2) is 5.54 Å². The summed E-state index contributed by atoms with van der Waals surface area (Å²) >= 11 is 0. The molecule has 1 aliphatic rings. The smallest absolute Gasteiger partial charge is 0.0495 e. The molecule has 1 aliphatic carbocycles. The Hall–Kier alpha value is -2.54. The van der Waals surface area contributed by atoms with E-state index in [-0.39, 0.29) is 5.54 Å². The minimum Gasteiger partial charge on any atom is -0.335 e. The van der Waals surface area contributed by atoms with Crippen LogP contribution in [0.15, 0.2) is 66.7 Å². The zero-order valence-corrected chi connectivity index (χ0v) is 15.3. The van der Waals surface area contributed by atoms with Gasteiger partial charge in [0.2, 0.25) is 0 Å². The summed E-state index contributed by atoms with van der Waals surface area (Å²) < 4.78 is 0. The molecule has 1 heteroatoms. The Balaban J connectivity index is 1.99. The molecule has 0 unspecified atom stereocenters. The maximum Gasteiger partial charge on any atom is 0.0495 e. The van der Waals surface area contributed by atoms with Crippen molar-refractivity contribution in [3.05, 3.63) is 77.9 Å². The molecule has 0 N–H and O–H groups in total. The molecule has 0 saturated heterocycles. The highest BCUT2D eigenvalue weighted by atomic mass is 15.2. The second-order valence-corrected chi connectivity index (χ2v) is 7.80. The number of hydrogen-bond donors (Lipinski definition) is 0. The van der Waals surface area contributed by atoms with Crippen molar-refractivity contribution in [2.45, 2.75) is 39.2 Å². The van der Waals surface area contributed by atoms with Crippen LogP contribution >= 0.6 is 0 Å². The standard InChI is InChI=1S/C24H25N/c1-24(2,3)25(22-16-8-12-18-10-4-6-14-20(18)22)23-17-9-13-19-11-5-7-15-21(19)23/h4,6-10,12-17H,5,11H2,1-3H3. The van der Waals surface area contributed by atoms with Gasteiger partial charge in [-0.2, -0.15) is 0 Å². The van der Waals surface area contributed by atoms with Crippen LogP contribution in [-0.2, 0) is 6.42 Å². The van der Waals surface area contributed by atoms with E-state index in [4.69, 9.17) is 0 Å². The Morgan fingerprint density at radius 3 is 2.36 bits per heavy atom. The third-order valence-electron chi connectivity index (χ3n) is 4.96. The van der Waals surface area contributed by atoms with Gasteiger partial charge in [-0.05, 0) is 56.7 Å². The normalized spacial score (nSPS) is 13.7. The van der Waals surface area contributed by atoms with Crippen LogP contribution < -0.4 is 4.90 Å². The van der Waals surface area contributed by atoms with E-state index in [2.05, 4.69) is 98.5 Å². The van der Waals surface area contributed by atoms with Crippen molar-refractivity contribution in [1.29, 1.82) is 0 Å². The number of benzene rings is 3. The molecule has 0 amide bonds. The van der Waals surface area contributed by atoms with E-state index < -0.39 is 0 Å². The van der Waals surface area contributed by atoms with Gasteiger partial charge in [0, 0.05) is 27.9 Å². The number of nitrogens with zero attached hydrogens (tertiary/aromatic N) is 1. The van der Waals surface area contributed by atoms with E-state index in [9.17, 15) is 0 Å². The van der Waals surface area contributed by atoms with Crippen LogP contribution in [0.4, 0.5) is 11.4 Å². The Bertz CT molecular complexity index is 938. The lowest BCUT2D eigenvalue weighted by molar-refractivity contribution is 0.561. The van der Waals surface area contributed by atoms with Gasteiger partial charge < -0.3 is 4.90 Å². The van der Waals surface area contributed by atoms with Crippen molar-refractivity contribution in [1.82, 2.24) is 0 Å². The molecule has 0 bridgehead atoms. The summed E-state index contributed by atoms with van der Waals surface area (Å²) in [5.74, 6) is 0. The summed E-state index contributed by atoms with van der Waals surface area (Å²) in [6.07, 6.45) is 6.88. The minimum atomic E-state index is -0.0233. The topological polar surface area (TPSA) is 3.24 Å². The van der Waals surface area contributed by atoms with Gasteiger partial charge in [0.25, 0.3) is 0 Å². The molecular formula is C24H25N. The SMILES string of the molecule is CC(C)(C)N(c1cccc2c1C=CCC2)c1cccc2ccccc12. The van der Waals surface area contributed by atoms with Gasteiger partial charge in [-0.1, -0.05) is 60.7 Å². The van der Waals surface area contributed by atoms with Crippen LogP contribution in [0.5, 0.6) is 0 Å². The van der Waals surface area contributed by atoms with E-state index in [1.54, 1.807) is 0 Å². The predicted octanol–water partition coefficient (Wildman–Crippen LogP) is 6.74. The van der Waals surface area contributed by atoms with Crippen LogP contribution in [0.25, 0.3) is 16.8 Å². The number of hydrogen-bond acceptors (Lipinski definition) is 1. The first-order valence-corrected chi connectivity index (χ1v) is 9.12. The second-order valence-electron chi connectivity index (χ2n) is 7.80. The van der Waals surface area contributed by atoms with Crippen LogP contribution in [0.3, 0.4) is 0 Å². The lowest BCUT2D eigenvalue weighted by Crippen LogP contribution is -2.38. The van der Waals surface area contributed by atoms with Crippen molar-refractivity contribution in [3.63, 3.8) is 0 Å². The Morgan fingerprint density at radius 1 is 0.800 bits per heavy atom. The quantitative estimate of drug-likeness (QED) is 0.504. The Kier molecular flexibility index (Phi) is 3.88. The molecule has 0 atom stereocenters. The van der Waals surface area contributed by atoms with Gasteiger partial charge in [-0.3, -0.25) is 0 Å². The largest absolute Gasteiger partial charge is 0.335 e. The summed E-state index contributed by atoms with van der Waals surface area (Å²) in [7, 11) is 0. The fourth-order valence-electron chi connectivity index (χ4n) is 3.90. The van der Waals surface area contributed by atoms with Gasteiger partial charge in [0.1, 0.15) is 0 Å². The summed E-state index contributed by atoms with van der Waals surface area (Å²) in [5, 5.41) is 2.59.